The minimum Gasteiger partial charge on any atom is -0.492 e. The third-order valence-corrected chi connectivity index (χ3v) is 3.15. The van der Waals surface area contributed by atoms with Crippen molar-refractivity contribution in [2.24, 2.45) is 0 Å². The highest BCUT2D eigenvalue weighted by atomic mass is 16.5. The number of carboxylic acid groups (broad SMARTS) is 1. The van der Waals surface area contributed by atoms with Gasteiger partial charge >= 0.3 is 5.97 Å². The van der Waals surface area contributed by atoms with Crippen LogP contribution in [0.15, 0.2) is 60.7 Å². The minimum absolute atomic E-state index is 0.0936. The first-order valence-electron chi connectivity index (χ1n) is 6.10. The van der Waals surface area contributed by atoms with Gasteiger partial charge in [-0.15, -0.1) is 0 Å². The highest BCUT2D eigenvalue weighted by Crippen LogP contribution is 2.25. The van der Waals surface area contributed by atoms with Gasteiger partial charge < -0.3 is 9.84 Å². The number of aliphatic carboxylic acids is 1. The van der Waals surface area contributed by atoms with Crippen molar-refractivity contribution in [3.8, 4) is 5.75 Å². The molecule has 2 aromatic carbocycles. The molecule has 3 heteroatoms. The molecule has 0 aliphatic rings. The molecule has 0 aromatic heterocycles. The van der Waals surface area contributed by atoms with Gasteiger partial charge in [0.25, 0.3) is 0 Å². The van der Waals surface area contributed by atoms with E-state index in [1.54, 1.807) is 6.92 Å². The van der Waals surface area contributed by atoms with Gasteiger partial charge in [-0.25, -0.2) is 0 Å². The first kappa shape index (κ1) is 13.1. The van der Waals surface area contributed by atoms with E-state index in [9.17, 15) is 9.90 Å². The Balaban J connectivity index is 2.19. The SMILES string of the molecule is CC(COc1ccccc1)(C(=O)O)c1ccccc1. The van der Waals surface area contributed by atoms with E-state index in [0.717, 1.165) is 5.56 Å². The Hall–Kier alpha value is -2.29. The Morgan fingerprint density at radius 1 is 1.05 bits per heavy atom. The Kier molecular flexibility index (Phi) is 3.85. The fourth-order valence-electron chi connectivity index (χ4n) is 1.82. The maximum atomic E-state index is 11.6. The Labute approximate surface area is 112 Å². The van der Waals surface area contributed by atoms with Gasteiger partial charge in [0.15, 0.2) is 0 Å². The van der Waals surface area contributed by atoms with Crippen molar-refractivity contribution in [3.05, 3.63) is 66.2 Å². The number of carbonyl (C=O) groups is 1. The molecule has 1 atom stereocenters. The number of hydrogen-bond donors (Lipinski definition) is 1. The monoisotopic (exact) mass is 256 g/mol. The Morgan fingerprint density at radius 2 is 1.58 bits per heavy atom. The van der Waals surface area contributed by atoms with E-state index < -0.39 is 11.4 Å². The summed E-state index contributed by atoms with van der Waals surface area (Å²) in [4.78, 5) is 11.6. The molecule has 98 valence electrons. The lowest BCUT2D eigenvalue weighted by Gasteiger charge is -2.25. The van der Waals surface area contributed by atoms with Crippen LogP contribution >= 0.6 is 0 Å². The summed E-state index contributed by atoms with van der Waals surface area (Å²) in [5.74, 6) is -0.222. The standard InChI is InChI=1S/C16H16O3/c1-16(15(17)18,13-8-4-2-5-9-13)12-19-14-10-6-3-7-11-14/h2-11H,12H2,1H3,(H,17,18). The van der Waals surface area contributed by atoms with Crippen molar-refractivity contribution in [3.63, 3.8) is 0 Å². The number of hydrogen-bond acceptors (Lipinski definition) is 2. The van der Waals surface area contributed by atoms with Gasteiger partial charge in [0.2, 0.25) is 0 Å². The van der Waals surface area contributed by atoms with Crippen LogP contribution in [0.4, 0.5) is 0 Å². The van der Waals surface area contributed by atoms with E-state index in [2.05, 4.69) is 0 Å². The van der Waals surface area contributed by atoms with E-state index in [-0.39, 0.29) is 6.61 Å². The number of rotatable bonds is 5. The first-order valence-corrected chi connectivity index (χ1v) is 6.10. The van der Waals surface area contributed by atoms with Gasteiger partial charge in [-0.2, -0.15) is 0 Å². The molecule has 2 rings (SSSR count). The van der Waals surface area contributed by atoms with Crippen molar-refractivity contribution in [1.29, 1.82) is 0 Å². The van der Waals surface area contributed by atoms with E-state index in [4.69, 9.17) is 4.74 Å². The molecule has 1 N–H and O–H groups in total. The van der Waals surface area contributed by atoms with Gasteiger partial charge in [0.05, 0.1) is 0 Å². The molecular weight excluding hydrogens is 240 g/mol. The lowest BCUT2D eigenvalue weighted by atomic mass is 9.83. The van der Waals surface area contributed by atoms with Crippen LogP contribution in [0.25, 0.3) is 0 Å². The van der Waals surface area contributed by atoms with Crippen molar-refractivity contribution in [2.75, 3.05) is 6.61 Å². The van der Waals surface area contributed by atoms with E-state index in [1.807, 2.05) is 60.7 Å². The van der Waals surface area contributed by atoms with Crippen molar-refractivity contribution in [2.45, 2.75) is 12.3 Å². The smallest absolute Gasteiger partial charge is 0.317 e. The predicted molar refractivity (Wildman–Crippen MR) is 73.4 cm³/mol. The first-order chi connectivity index (χ1) is 9.13. The van der Waals surface area contributed by atoms with Crippen molar-refractivity contribution >= 4 is 5.97 Å². The fraction of sp³-hybridized carbons (Fsp3) is 0.188. The van der Waals surface area contributed by atoms with Crippen LogP contribution in [0.2, 0.25) is 0 Å². The third kappa shape index (κ3) is 2.94. The average Bonchev–Trinajstić information content (AvgIpc) is 2.46. The summed E-state index contributed by atoms with van der Waals surface area (Å²) in [6.45, 7) is 1.77. The lowest BCUT2D eigenvalue weighted by molar-refractivity contribution is -0.144. The molecule has 0 aliphatic heterocycles. The maximum absolute atomic E-state index is 11.6. The molecule has 1 unspecified atom stereocenters. The molecule has 0 heterocycles. The van der Waals surface area contributed by atoms with Gasteiger partial charge in [-0.1, -0.05) is 48.5 Å². The number of benzene rings is 2. The third-order valence-electron chi connectivity index (χ3n) is 3.15. The van der Waals surface area contributed by atoms with Gasteiger partial charge in [0, 0.05) is 0 Å². The molecule has 2 aromatic rings. The summed E-state index contributed by atoms with van der Waals surface area (Å²) in [6.07, 6.45) is 0. The van der Waals surface area contributed by atoms with Crippen LogP contribution in [0.3, 0.4) is 0 Å². The Bertz CT molecular complexity index is 536. The summed E-state index contributed by atoms with van der Waals surface area (Å²) >= 11 is 0. The second kappa shape index (κ2) is 5.57. The zero-order chi connectivity index (χ0) is 13.7. The molecule has 19 heavy (non-hydrogen) atoms. The van der Waals surface area contributed by atoms with Crippen LogP contribution in [0.1, 0.15) is 12.5 Å². The van der Waals surface area contributed by atoms with Crippen LogP contribution in [-0.4, -0.2) is 17.7 Å². The molecule has 0 fully saturated rings. The highest BCUT2D eigenvalue weighted by molar-refractivity contribution is 5.81. The second-order valence-electron chi connectivity index (χ2n) is 4.61. The second-order valence-corrected chi connectivity index (χ2v) is 4.61. The minimum atomic E-state index is -1.06. The summed E-state index contributed by atoms with van der Waals surface area (Å²) in [5.41, 5.74) is -0.324. The van der Waals surface area contributed by atoms with Gasteiger partial charge in [-0.3, -0.25) is 4.79 Å². The van der Waals surface area contributed by atoms with Gasteiger partial charge in [0.1, 0.15) is 17.8 Å². The Morgan fingerprint density at radius 3 is 2.11 bits per heavy atom. The summed E-state index contributed by atoms with van der Waals surface area (Å²) in [6, 6.07) is 18.4. The summed E-state index contributed by atoms with van der Waals surface area (Å²) < 4.78 is 5.61. The van der Waals surface area contributed by atoms with E-state index in [0.29, 0.717) is 5.75 Å². The topological polar surface area (TPSA) is 46.5 Å². The molecule has 0 saturated carbocycles. The quantitative estimate of drug-likeness (QED) is 0.894. The molecule has 0 amide bonds. The highest BCUT2D eigenvalue weighted by Gasteiger charge is 2.36. The van der Waals surface area contributed by atoms with Crippen LogP contribution < -0.4 is 4.74 Å². The summed E-state index contributed by atoms with van der Waals surface area (Å²) in [5, 5.41) is 9.48. The van der Waals surface area contributed by atoms with Crippen LogP contribution in [0, 0.1) is 0 Å². The molecular formula is C16H16O3. The molecule has 0 aliphatic carbocycles. The maximum Gasteiger partial charge on any atom is 0.317 e. The fourth-order valence-corrected chi connectivity index (χ4v) is 1.82. The zero-order valence-electron chi connectivity index (χ0n) is 10.7. The van der Waals surface area contributed by atoms with E-state index in [1.165, 1.54) is 0 Å². The predicted octanol–water partition coefficient (Wildman–Crippen LogP) is 3.11. The molecule has 0 spiro atoms. The van der Waals surface area contributed by atoms with Gasteiger partial charge in [-0.05, 0) is 24.6 Å². The lowest BCUT2D eigenvalue weighted by Crippen LogP contribution is -2.38. The molecule has 0 radical (unpaired) electrons. The normalized spacial score (nSPS) is 13.5. The molecule has 3 nitrogen and oxygen atoms in total. The molecule has 0 saturated heterocycles. The van der Waals surface area contributed by atoms with Crippen molar-refractivity contribution in [1.82, 2.24) is 0 Å². The molecule has 0 bridgehead atoms. The van der Waals surface area contributed by atoms with E-state index >= 15 is 0 Å². The largest absolute Gasteiger partial charge is 0.492 e. The van der Waals surface area contributed by atoms with Crippen molar-refractivity contribution < 1.29 is 14.6 Å². The summed E-state index contributed by atoms with van der Waals surface area (Å²) in [7, 11) is 0. The zero-order valence-corrected chi connectivity index (χ0v) is 10.7. The number of ether oxygens (including phenoxy) is 1. The van der Waals surface area contributed by atoms with Crippen LogP contribution in [0.5, 0.6) is 5.75 Å². The van der Waals surface area contributed by atoms with Crippen LogP contribution in [-0.2, 0) is 10.2 Å². The number of carboxylic acids is 1. The number of para-hydroxylation sites is 1. The average molecular weight is 256 g/mol.